The van der Waals surface area contributed by atoms with Gasteiger partial charge in [-0.25, -0.2) is 0 Å². The number of rotatable bonds is 3. The van der Waals surface area contributed by atoms with Crippen LogP contribution in [0.1, 0.15) is 19.8 Å². The molecule has 0 nitrogen and oxygen atoms in total. The summed E-state index contributed by atoms with van der Waals surface area (Å²) in [7, 11) is 0. The van der Waals surface area contributed by atoms with Crippen LogP contribution in [0.15, 0.2) is 48.6 Å². The van der Waals surface area contributed by atoms with E-state index in [0.717, 1.165) is 5.92 Å². The van der Waals surface area contributed by atoms with Crippen LogP contribution in [0.2, 0.25) is 0 Å². The van der Waals surface area contributed by atoms with Gasteiger partial charge in [0.1, 0.15) is 0 Å². The van der Waals surface area contributed by atoms with Crippen molar-refractivity contribution in [3.63, 3.8) is 0 Å². The van der Waals surface area contributed by atoms with Gasteiger partial charge in [0.2, 0.25) is 0 Å². The standard InChI is InChI=1S/C12H16/c1-4-6-7-12-9-10(3)8-11(12)5-2/h4-7,10H,1-2,8-9H2,3H3/b7-6-. The lowest BCUT2D eigenvalue weighted by Crippen LogP contribution is -1.83. The average Bonchev–Trinajstić information content (AvgIpc) is 2.42. The molecule has 1 aliphatic rings. The van der Waals surface area contributed by atoms with Gasteiger partial charge < -0.3 is 0 Å². The minimum atomic E-state index is 0.780. The van der Waals surface area contributed by atoms with Crippen LogP contribution in [0.3, 0.4) is 0 Å². The zero-order chi connectivity index (χ0) is 8.97. The predicted octanol–water partition coefficient (Wildman–Crippen LogP) is 3.64. The second-order valence-electron chi connectivity index (χ2n) is 3.36. The minimum Gasteiger partial charge on any atom is -0.0991 e. The molecule has 0 radical (unpaired) electrons. The molecule has 0 saturated carbocycles. The third-order valence-electron chi connectivity index (χ3n) is 2.23. The van der Waals surface area contributed by atoms with Crippen LogP contribution in [-0.2, 0) is 0 Å². The fourth-order valence-corrected chi connectivity index (χ4v) is 1.66. The van der Waals surface area contributed by atoms with Gasteiger partial charge in [-0.1, -0.05) is 44.4 Å². The first-order valence-corrected chi connectivity index (χ1v) is 4.41. The fourth-order valence-electron chi connectivity index (χ4n) is 1.66. The van der Waals surface area contributed by atoms with E-state index >= 15 is 0 Å². The van der Waals surface area contributed by atoms with Crippen LogP contribution in [0, 0.1) is 5.92 Å². The molecule has 0 heteroatoms. The molecule has 0 bridgehead atoms. The zero-order valence-electron chi connectivity index (χ0n) is 7.72. The lowest BCUT2D eigenvalue weighted by molar-refractivity contribution is 0.626. The molecular weight excluding hydrogens is 144 g/mol. The Hall–Kier alpha value is -1.04. The summed E-state index contributed by atoms with van der Waals surface area (Å²) in [5.41, 5.74) is 2.83. The highest BCUT2D eigenvalue weighted by molar-refractivity contribution is 5.37. The lowest BCUT2D eigenvalue weighted by atomic mass is 10.1. The van der Waals surface area contributed by atoms with Crippen LogP contribution in [0.4, 0.5) is 0 Å². The Morgan fingerprint density at radius 3 is 2.50 bits per heavy atom. The molecule has 0 aromatic rings. The van der Waals surface area contributed by atoms with Crippen molar-refractivity contribution < 1.29 is 0 Å². The molecule has 1 aliphatic carbocycles. The Morgan fingerprint density at radius 1 is 1.25 bits per heavy atom. The Kier molecular flexibility index (Phi) is 3.09. The SMILES string of the molecule is C=C/C=C\C1=C(C=C)CC(C)C1. The molecule has 0 N–H and O–H groups in total. The summed E-state index contributed by atoms with van der Waals surface area (Å²) in [6, 6.07) is 0. The van der Waals surface area contributed by atoms with Crippen LogP contribution in [-0.4, -0.2) is 0 Å². The average molecular weight is 160 g/mol. The lowest BCUT2D eigenvalue weighted by Gasteiger charge is -1.96. The van der Waals surface area contributed by atoms with Gasteiger partial charge in [-0.05, 0) is 29.9 Å². The van der Waals surface area contributed by atoms with E-state index in [2.05, 4.69) is 26.2 Å². The number of allylic oxidation sites excluding steroid dienone is 6. The predicted molar refractivity (Wildman–Crippen MR) is 55.0 cm³/mol. The second-order valence-corrected chi connectivity index (χ2v) is 3.36. The van der Waals surface area contributed by atoms with Crippen molar-refractivity contribution in [2.45, 2.75) is 19.8 Å². The summed E-state index contributed by atoms with van der Waals surface area (Å²) in [6.45, 7) is 9.75. The van der Waals surface area contributed by atoms with Crippen LogP contribution in [0.25, 0.3) is 0 Å². The van der Waals surface area contributed by atoms with E-state index in [0.29, 0.717) is 0 Å². The Bertz CT molecular complexity index is 241. The van der Waals surface area contributed by atoms with Crippen molar-refractivity contribution in [1.82, 2.24) is 0 Å². The molecule has 0 saturated heterocycles. The summed E-state index contributed by atoms with van der Waals surface area (Å²) in [5.74, 6) is 0.780. The monoisotopic (exact) mass is 160 g/mol. The van der Waals surface area contributed by atoms with E-state index < -0.39 is 0 Å². The molecule has 1 unspecified atom stereocenters. The van der Waals surface area contributed by atoms with E-state index in [4.69, 9.17) is 0 Å². The topological polar surface area (TPSA) is 0 Å². The molecule has 0 fully saturated rings. The Balaban J connectivity index is 2.77. The molecule has 0 aromatic heterocycles. The van der Waals surface area contributed by atoms with Crippen molar-refractivity contribution in [3.05, 3.63) is 48.6 Å². The third-order valence-corrected chi connectivity index (χ3v) is 2.23. The van der Waals surface area contributed by atoms with Crippen LogP contribution < -0.4 is 0 Å². The van der Waals surface area contributed by atoms with Crippen molar-refractivity contribution in [2.75, 3.05) is 0 Å². The summed E-state index contributed by atoms with van der Waals surface area (Å²) in [6.07, 6.45) is 10.3. The van der Waals surface area contributed by atoms with Crippen molar-refractivity contribution in [1.29, 1.82) is 0 Å². The largest absolute Gasteiger partial charge is 0.0991 e. The van der Waals surface area contributed by atoms with Gasteiger partial charge in [-0.3, -0.25) is 0 Å². The molecule has 64 valence electrons. The maximum Gasteiger partial charge on any atom is -0.0247 e. The molecule has 12 heavy (non-hydrogen) atoms. The maximum absolute atomic E-state index is 3.82. The van der Waals surface area contributed by atoms with Gasteiger partial charge in [0.15, 0.2) is 0 Å². The number of hydrogen-bond donors (Lipinski definition) is 0. The fraction of sp³-hybridized carbons (Fsp3) is 0.333. The van der Waals surface area contributed by atoms with Gasteiger partial charge in [0.05, 0.1) is 0 Å². The molecule has 0 spiro atoms. The molecule has 0 amide bonds. The highest BCUT2D eigenvalue weighted by Gasteiger charge is 2.16. The summed E-state index contributed by atoms with van der Waals surface area (Å²) < 4.78 is 0. The smallest absolute Gasteiger partial charge is 0.0247 e. The second kappa shape index (κ2) is 4.10. The summed E-state index contributed by atoms with van der Waals surface area (Å²) in [4.78, 5) is 0. The highest BCUT2D eigenvalue weighted by atomic mass is 14.2. The Labute approximate surface area is 75.0 Å². The van der Waals surface area contributed by atoms with E-state index in [9.17, 15) is 0 Å². The summed E-state index contributed by atoms with van der Waals surface area (Å²) in [5, 5.41) is 0. The van der Waals surface area contributed by atoms with E-state index in [1.54, 1.807) is 0 Å². The van der Waals surface area contributed by atoms with E-state index in [1.165, 1.54) is 24.0 Å². The van der Waals surface area contributed by atoms with Crippen LogP contribution in [0.5, 0.6) is 0 Å². The van der Waals surface area contributed by atoms with Gasteiger partial charge in [-0.2, -0.15) is 0 Å². The van der Waals surface area contributed by atoms with Gasteiger partial charge >= 0.3 is 0 Å². The first kappa shape index (κ1) is 9.05. The van der Waals surface area contributed by atoms with Gasteiger partial charge in [-0.15, -0.1) is 0 Å². The molecule has 1 rings (SSSR count). The van der Waals surface area contributed by atoms with E-state index in [1.807, 2.05) is 18.2 Å². The maximum atomic E-state index is 3.82. The molecule has 1 atom stereocenters. The molecule has 0 aromatic carbocycles. The zero-order valence-corrected chi connectivity index (χ0v) is 7.72. The van der Waals surface area contributed by atoms with Gasteiger partial charge in [0, 0.05) is 0 Å². The Morgan fingerprint density at radius 2 is 1.92 bits per heavy atom. The van der Waals surface area contributed by atoms with Crippen molar-refractivity contribution in [2.24, 2.45) is 5.92 Å². The quantitative estimate of drug-likeness (QED) is 0.553. The van der Waals surface area contributed by atoms with Crippen molar-refractivity contribution >= 4 is 0 Å². The van der Waals surface area contributed by atoms with Crippen molar-refractivity contribution in [3.8, 4) is 0 Å². The highest BCUT2D eigenvalue weighted by Crippen LogP contribution is 2.32. The summed E-state index contributed by atoms with van der Waals surface area (Å²) >= 11 is 0. The normalized spacial score (nSPS) is 23.6. The van der Waals surface area contributed by atoms with Gasteiger partial charge in [0.25, 0.3) is 0 Å². The molecule has 0 aliphatic heterocycles. The first-order chi connectivity index (χ1) is 5.77. The molecular formula is C12H16. The number of hydrogen-bond acceptors (Lipinski definition) is 0. The minimum absolute atomic E-state index is 0.780. The molecule has 0 heterocycles. The van der Waals surface area contributed by atoms with E-state index in [-0.39, 0.29) is 0 Å². The first-order valence-electron chi connectivity index (χ1n) is 4.41. The van der Waals surface area contributed by atoms with Crippen LogP contribution >= 0.6 is 0 Å². The third kappa shape index (κ3) is 1.97.